The van der Waals surface area contributed by atoms with Gasteiger partial charge in [-0.05, 0) is 36.4 Å². The number of furan rings is 1. The summed E-state index contributed by atoms with van der Waals surface area (Å²) in [6.07, 6.45) is 2.61. The number of hydrogen-bond acceptors (Lipinski definition) is 11. The Hall–Kier alpha value is -5.20. The number of phenolic OH excluding ortho intramolecular Hbond substituents is 2. The van der Waals surface area contributed by atoms with Gasteiger partial charge in [0.25, 0.3) is 0 Å². The first-order valence-corrected chi connectivity index (χ1v) is 10.5. The van der Waals surface area contributed by atoms with E-state index in [-0.39, 0.29) is 46.0 Å². The minimum atomic E-state index is -0.709. The van der Waals surface area contributed by atoms with E-state index in [1.165, 1.54) is 77.3 Å². The zero-order chi connectivity index (χ0) is 26.9. The molecule has 3 rings (SSSR count). The highest BCUT2D eigenvalue weighted by molar-refractivity contribution is 5.96. The van der Waals surface area contributed by atoms with Crippen LogP contribution in [0.4, 0.5) is 0 Å². The summed E-state index contributed by atoms with van der Waals surface area (Å²) in [6, 6.07) is 8.57. The molecule has 37 heavy (non-hydrogen) atoms. The summed E-state index contributed by atoms with van der Waals surface area (Å²) in [6.45, 7) is 0. The largest absolute Gasteiger partial charge is 0.502 e. The molecule has 1 heterocycles. The van der Waals surface area contributed by atoms with Crippen molar-refractivity contribution in [3.63, 3.8) is 0 Å². The van der Waals surface area contributed by atoms with Gasteiger partial charge in [-0.3, -0.25) is 9.59 Å². The van der Waals surface area contributed by atoms with Crippen molar-refractivity contribution in [2.45, 2.75) is 0 Å². The van der Waals surface area contributed by atoms with E-state index in [1.54, 1.807) is 0 Å². The zero-order valence-electron chi connectivity index (χ0n) is 20.3. The molecule has 0 saturated carbocycles. The molecule has 0 fully saturated rings. The van der Waals surface area contributed by atoms with E-state index in [1.807, 2.05) is 0 Å². The van der Waals surface area contributed by atoms with E-state index >= 15 is 0 Å². The van der Waals surface area contributed by atoms with E-state index in [4.69, 9.17) is 23.4 Å². The number of carbonyl (C=O) groups is 2. The van der Waals surface area contributed by atoms with Crippen molar-refractivity contribution < 1.29 is 43.2 Å². The number of ether oxygens (including phenoxy) is 4. The molecule has 0 atom stereocenters. The first-order chi connectivity index (χ1) is 17.8. The van der Waals surface area contributed by atoms with Gasteiger partial charge in [0.2, 0.25) is 11.5 Å². The number of nitrogens with one attached hydrogen (secondary N) is 2. The maximum atomic E-state index is 12.3. The van der Waals surface area contributed by atoms with Crippen LogP contribution in [0, 0.1) is 0 Å². The molecule has 0 aliphatic carbocycles. The van der Waals surface area contributed by atoms with Crippen molar-refractivity contribution in [3.8, 4) is 34.5 Å². The second-order valence-corrected chi connectivity index (χ2v) is 7.11. The van der Waals surface area contributed by atoms with Crippen LogP contribution >= 0.6 is 0 Å². The van der Waals surface area contributed by atoms with Crippen LogP contribution in [0.15, 0.2) is 51.0 Å². The number of benzene rings is 2. The van der Waals surface area contributed by atoms with E-state index in [2.05, 4.69) is 21.1 Å². The van der Waals surface area contributed by atoms with Crippen molar-refractivity contribution in [1.82, 2.24) is 10.9 Å². The Kier molecular flexibility index (Phi) is 8.54. The van der Waals surface area contributed by atoms with Crippen LogP contribution in [0.1, 0.15) is 32.2 Å². The molecule has 13 nitrogen and oxygen atoms in total. The highest BCUT2D eigenvalue weighted by Crippen LogP contribution is 2.37. The van der Waals surface area contributed by atoms with Crippen molar-refractivity contribution in [1.29, 1.82) is 0 Å². The van der Waals surface area contributed by atoms with Gasteiger partial charge in [0.15, 0.2) is 34.5 Å². The number of amides is 2. The van der Waals surface area contributed by atoms with Gasteiger partial charge in [0, 0.05) is 11.1 Å². The van der Waals surface area contributed by atoms with E-state index < -0.39 is 11.8 Å². The van der Waals surface area contributed by atoms with Gasteiger partial charge in [-0.1, -0.05) is 0 Å². The maximum Gasteiger partial charge on any atom is 0.307 e. The number of nitrogens with zero attached hydrogens (tertiary/aromatic N) is 2. The lowest BCUT2D eigenvalue weighted by molar-refractivity contribution is 0.0902. The molecule has 0 spiro atoms. The fraction of sp³-hybridized carbons (Fsp3) is 0.167. The number of phenols is 2. The number of aromatic hydroxyl groups is 2. The fourth-order valence-electron chi connectivity index (χ4n) is 3.00. The Labute approximate surface area is 210 Å². The predicted molar refractivity (Wildman–Crippen MR) is 131 cm³/mol. The third-order valence-electron chi connectivity index (χ3n) is 4.82. The second-order valence-electron chi connectivity index (χ2n) is 7.11. The van der Waals surface area contributed by atoms with Crippen LogP contribution in [0.5, 0.6) is 34.5 Å². The van der Waals surface area contributed by atoms with Gasteiger partial charge in [-0.2, -0.15) is 10.2 Å². The van der Waals surface area contributed by atoms with Gasteiger partial charge in [-0.15, -0.1) is 0 Å². The zero-order valence-corrected chi connectivity index (χ0v) is 20.3. The molecule has 4 N–H and O–H groups in total. The van der Waals surface area contributed by atoms with Gasteiger partial charge in [0.05, 0.1) is 40.9 Å². The smallest absolute Gasteiger partial charge is 0.307 e. The average molecular weight is 512 g/mol. The Bertz CT molecular complexity index is 1200. The molecule has 2 aromatic carbocycles. The number of carbonyl (C=O) groups excluding carboxylic acids is 2. The van der Waals surface area contributed by atoms with Gasteiger partial charge < -0.3 is 33.6 Å². The molecular formula is C24H24N4O9. The van der Waals surface area contributed by atoms with Crippen LogP contribution in [0.3, 0.4) is 0 Å². The molecular weight excluding hydrogens is 488 g/mol. The minimum Gasteiger partial charge on any atom is -0.502 e. The first kappa shape index (κ1) is 26.4. The van der Waals surface area contributed by atoms with Crippen molar-refractivity contribution in [3.05, 3.63) is 59.0 Å². The molecule has 2 amide bonds. The Morgan fingerprint density at radius 1 is 0.703 bits per heavy atom. The first-order valence-electron chi connectivity index (χ1n) is 10.5. The third kappa shape index (κ3) is 6.28. The molecule has 3 aromatic rings. The third-order valence-corrected chi connectivity index (χ3v) is 4.82. The highest BCUT2D eigenvalue weighted by Gasteiger charge is 2.16. The molecule has 0 aliphatic rings. The summed E-state index contributed by atoms with van der Waals surface area (Å²) < 4.78 is 25.5. The van der Waals surface area contributed by atoms with E-state index in [0.29, 0.717) is 11.1 Å². The minimum absolute atomic E-state index is 0.167. The molecule has 0 aliphatic heterocycles. The standard InChI is InChI=1S/C24H24N4O9/c1-33-17-7-13(8-18(34-2)21(17)29)11-25-27-23(31)15-5-6-16(37-15)24(32)28-26-12-14-9-19(35-3)22(30)20(10-14)36-4/h5-12,29-30H,1-4H3,(H,27,31)(H,28,32)/b25-11+,26-12+. The van der Waals surface area contributed by atoms with E-state index in [9.17, 15) is 19.8 Å². The molecule has 194 valence electrons. The Balaban J connectivity index is 1.61. The van der Waals surface area contributed by atoms with Crippen LogP contribution in [0.25, 0.3) is 0 Å². The van der Waals surface area contributed by atoms with Gasteiger partial charge >= 0.3 is 11.8 Å². The second kappa shape index (κ2) is 12.0. The average Bonchev–Trinajstić information content (AvgIpc) is 3.40. The summed E-state index contributed by atoms with van der Waals surface area (Å²) in [5.41, 5.74) is 5.49. The lowest BCUT2D eigenvalue weighted by atomic mass is 10.2. The summed E-state index contributed by atoms with van der Waals surface area (Å²) in [7, 11) is 5.53. The van der Waals surface area contributed by atoms with Gasteiger partial charge in [0.1, 0.15) is 0 Å². The fourth-order valence-corrected chi connectivity index (χ4v) is 3.00. The monoisotopic (exact) mass is 512 g/mol. The van der Waals surface area contributed by atoms with E-state index in [0.717, 1.165) is 0 Å². The SMILES string of the molecule is COc1cc(/C=N/NC(=O)c2ccc(C(=O)N/N=C/c3cc(OC)c(O)c(OC)c3)o2)cc(OC)c1O. The summed E-state index contributed by atoms with van der Waals surface area (Å²) in [4.78, 5) is 24.6. The van der Waals surface area contributed by atoms with Crippen molar-refractivity contribution >= 4 is 24.2 Å². The molecule has 0 radical (unpaired) electrons. The van der Waals surface area contributed by atoms with Crippen molar-refractivity contribution in [2.24, 2.45) is 10.2 Å². The molecule has 0 saturated heterocycles. The summed E-state index contributed by atoms with van der Waals surface area (Å²) in [5.74, 6) is -1.42. The Morgan fingerprint density at radius 2 is 1.03 bits per heavy atom. The van der Waals surface area contributed by atoms with Crippen LogP contribution in [-0.2, 0) is 0 Å². The molecule has 13 heteroatoms. The molecule has 1 aromatic heterocycles. The number of hydrazone groups is 2. The van der Waals surface area contributed by atoms with Crippen LogP contribution in [-0.4, -0.2) is 62.9 Å². The molecule has 0 unspecified atom stereocenters. The number of rotatable bonds is 10. The topological polar surface area (TPSA) is 173 Å². The van der Waals surface area contributed by atoms with Gasteiger partial charge in [-0.25, -0.2) is 10.9 Å². The summed E-state index contributed by atoms with van der Waals surface area (Å²) >= 11 is 0. The lowest BCUT2D eigenvalue weighted by Gasteiger charge is -2.09. The lowest BCUT2D eigenvalue weighted by Crippen LogP contribution is -2.18. The predicted octanol–water partition coefficient (Wildman–Crippen LogP) is 2.25. The highest BCUT2D eigenvalue weighted by atomic mass is 16.5. The molecule has 0 bridgehead atoms. The Morgan fingerprint density at radius 3 is 1.32 bits per heavy atom. The quantitative estimate of drug-likeness (QED) is 0.235. The normalized spacial score (nSPS) is 10.9. The number of hydrogen-bond donors (Lipinski definition) is 4. The summed E-state index contributed by atoms with van der Waals surface area (Å²) in [5, 5.41) is 27.6. The van der Waals surface area contributed by atoms with Crippen LogP contribution < -0.4 is 29.8 Å². The van der Waals surface area contributed by atoms with Crippen LogP contribution in [0.2, 0.25) is 0 Å². The number of methoxy groups -OCH3 is 4. The van der Waals surface area contributed by atoms with Crippen molar-refractivity contribution in [2.75, 3.05) is 28.4 Å². The maximum absolute atomic E-state index is 12.3.